The summed E-state index contributed by atoms with van der Waals surface area (Å²) < 4.78 is 0. The van der Waals surface area contributed by atoms with Crippen molar-refractivity contribution in [3.63, 3.8) is 0 Å². The zero-order chi connectivity index (χ0) is 20.8. The molecule has 0 spiro atoms. The first kappa shape index (κ1) is 21.4. The van der Waals surface area contributed by atoms with Gasteiger partial charge in [-0.3, -0.25) is 14.4 Å². The first-order valence-electron chi connectivity index (χ1n) is 9.44. The quantitative estimate of drug-likeness (QED) is 0.770. The van der Waals surface area contributed by atoms with Crippen LogP contribution in [-0.2, 0) is 14.4 Å². The molecule has 2 amide bonds. The minimum Gasteiger partial charge on any atom is -0.347 e. The molecule has 2 aromatic rings. The van der Waals surface area contributed by atoms with Gasteiger partial charge >= 0.3 is 0 Å². The zero-order valence-corrected chi connectivity index (χ0v) is 17.1. The van der Waals surface area contributed by atoms with E-state index in [2.05, 4.69) is 30.5 Å². The molecule has 0 aliphatic rings. The van der Waals surface area contributed by atoms with E-state index in [-0.39, 0.29) is 24.2 Å². The topological polar surface area (TPSA) is 75.3 Å². The third kappa shape index (κ3) is 5.28. The van der Waals surface area contributed by atoms with Gasteiger partial charge in [-0.1, -0.05) is 61.9 Å². The molecule has 0 fully saturated rings. The predicted octanol–water partition coefficient (Wildman–Crippen LogP) is 3.67. The average molecular weight is 380 g/mol. The Hall–Kier alpha value is -2.95. The predicted molar refractivity (Wildman–Crippen MR) is 111 cm³/mol. The van der Waals surface area contributed by atoms with Crippen LogP contribution in [0.1, 0.15) is 56.3 Å². The monoisotopic (exact) mass is 380 g/mol. The molecule has 2 rings (SSSR count). The van der Waals surface area contributed by atoms with E-state index in [0.29, 0.717) is 0 Å². The highest BCUT2D eigenvalue weighted by atomic mass is 16.2. The normalized spacial score (nSPS) is 11.8. The molecule has 0 unspecified atom stereocenters. The molecule has 0 heterocycles. The van der Waals surface area contributed by atoms with Crippen LogP contribution in [0.3, 0.4) is 0 Å². The van der Waals surface area contributed by atoms with Gasteiger partial charge in [0.25, 0.3) is 0 Å². The molecule has 5 nitrogen and oxygen atoms in total. The van der Waals surface area contributed by atoms with Crippen molar-refractivity contribution in [2.45, 2.75) is 46.6 Å². The Kier molecular flexibility index (Phi) is 7.10. The van der Waals surface area contributed by atoms with Gasteiger partial charge in [0.2, 0.25) is 11.8 Å². The van der Waals surface area contributed by atoms with Gasteiger partial charge in [-0.15, -0.1) is 0 Å². The van der Waals surface area contributed by atoms with Crippen LogP contribution in [-0.4, -0.2) is 24.1 Å². The van der Waals surface area contributed by atoms with Gasteiger partial charge in [-0.25, -0.2) is 0 Å². The SMILES string of the molecule is CC(=O)NCC(=O)N[C@H](C(C)=O)c1cc(C)cc(C(C)C)c1-c1ccccc1. The van der Waals surface area contributed by atoms with Crippen LogP contribution in [0, 0.1) is 6.92 Å². The summed E-state index contributed by atoms with van der Waals surface area (Å²) in [5.74, 6) is -0.607. The molecule has 1 atom stereocenters. The van der Waals surface area contributed by atoms with Crippen LogP contribution in [0.15, 0.2) is 42.5 Å². The lowest BCUT2D eigenvalue weighted by atomic mass is 9.84. The maximum Gasteiger partial charge on any atom is 0.240 e. The van der Waals surface area contributed by atoms with Crippen molar-refractivity contribution >= 4 is 17.6 Å². The first-order chi connectivity index (χ1) is 13.2. The first-order valence-corrected chi connectivity index (χ1v) is 9.44. The largest absolute Gasteiger partial charge is 0.347 e. The molecular formula is C23H28N2O3. The van der Waals surface area contributed by atoms with Gasteiger partial charge in [0.05, 0.1) is 6.54 Å². The lowest BCUT2D eigenvalue weighted by Crippen LogP contribution is -2.40. The highest BCUT2D eigenvalue weighted by Crippen LogP contribution is 2.37. The Morgan fingerprint density at radius 3 is 2.11 bits per heavy atom. The van der Waals surface area contributed by atoms with Crippen molar-refractivity contribution in [1.82, 2.24) is 10.6 Å². The second-order valence-electron chi connectivity index (χ2n) is 7.36. The third-order valence-electron chi connectivity index (χ3n) is 4.55. The fourth-order valence-corrected chi connectivity index (χ4v) is 3.28. The van der Waals surface area contributed by atoms with Crippen molar-refractivity contribution in [3.8, 4) is 11.1 Å². The van der Waals surface area contributed by atoms with E-state index in [1.54, 1.807) is 0 Å². The molecule has 0 aliphatic carbocycles. The molecule has 148 valence electrons. The van der Waals surface area contributed by atoms with Crippen LogP contribution in [0.5, 0.6) is 0 Å². The summed E-state index contributed by atoms with van der Waals surface area (Å²) in [6.07, 6.45) is 0. The molecule has 0 aliphatic heterocycles. The number of rotatable bonds is 7. The molecule has 0 aromatic heterocycles. The van der Waals surface area contributed by atoms with E-state index < -0.39 is 11.9 Å². The van der Waals surface area contributed by atoms with Crippen LogP contribution < -0.4 is 10.6 Å². The maximum absolute atomic E-state index is 12.5. The second-order valence-corrected chi connectivity index (χ2v) is 7.36. The summed E-state index contributed by atoms with van der Waals surface area (Å²) in [6, 6.07) is 13.2. The molecule has 0 radical (unpaired) electrons. The third-order valence-corrected chi connectivity index (χ3v) is 4.55. The van der Waals surface area contributed by atoms with E-state index in [1.165, 1.54) is 13.8 Å². The lowest BCUT2D eigenvalue weighted by Gasteiger charge is -2.24. The van der Waals surface area contributed by atoms with E-state index in [0.717, 1.165) is 27.8 Å². The summed E-state index contributed by atoms with van der Waals surface area (Å²) in [7, 11) is 0. The number of hydrogen-bond donors (Lipinski definition) is 2. The van der Waals surface area contributed by atoms with Crippen molar-refractivity contribution < 1.29 is 14.4 Å². The Labute approximate surface area is 166 Å². The summed E-state index contributed by atoms with van der Waals surface area (Å²) in [5.41, 5.74) is 4.91. The maximum atomic E-state index is 12.5. The van der Waals surface area contributed by atoms with Crippen molar-refractivity contribution in [2.24, 2.45) is 0 Å². The molecule has 2 N–H and O–H groups in total. The average Bonchev–Trinajstić information content (AvgIpc) is 2.64. The lowest BCUT2D eigenvalue weighted by molar-refractivity contribution is -0.128. The smallest absolute Gasteiger partial charge is 0.240 e. The Balaban J connectivity index is 2.58. The minimum atomic E-state index is -0.783. The van der Waals surface area contributed by atoms with Crippen LogP contribution in [0.25, 0.3) is 11.1 Å². The van der Waals surface area contributed by atoms with E-state index >= 15 is 0 Å². The fourth-order valence-electron chi connectivity index (χ4n) is 3.28. The Bertz CT molecular complexity index is 873. The van der Waals surface area contributed by atoms with E-state index in [4.69, 9.17) is 0 Å². The molecular weight excluding hydrogens is 352 g/mol. The molecule has 0 saturated carbocycles. The van der Waals surface area contributed by atoms with Crippen molar-refractivity contribution in [3.05, 3.63) is 59.2 Å². The van der Waals surface area contributed by atoms with Crippen LogP contribution >= 0.6 is 0 Å². The van der Waals surface area contributed by atoms with Gasteiger partial charge in [0.1, 0.15) is 6.04 Å². The fraction of sp³-hybridized carbons (Fsp3) is 0.348. The molecule has 28 heavy (non-hydrogen) atoms. The number of carbonyl (C=O) groups excluding carboxylic acids is 3. The van der Waals surface area contributed by atoms with E-state index in [1.807, 2.05) is 43.3 Å². The van der Waals surface area contributed by atoms with Crippen molar-refractivity contribution in [1.29, 1.82) is 0 Å². The number of ketones is 1. The van der Waals surface area contributed by atoms with Gasteiger partial charge < -0.3 is 10.6 Å². The van der Waals surface area contributed by atoms with Crippen LogP contribution in [0.4, 0.5) is 0 Å². The zero-order valence-electron chi connectivity index (χ0n) is 17.1. The molecule has 0 saturated heterocycles. The molecule has 2 aromatic carbocycles. The van der Waals surface area contributed by atoms with Crippen molar-refractivity contribution in [2.75, 3.05) is 6.54 Å². The number of amides is 2. The molecule has 5 heteroatoms. The van der Waals surface area contributed by atoms with Gasteiger partial charge in [-0.2, -0.15) is 0 Å². The standard InChI is InChI=1S/C23H28N2O3/c1-14(2)19-11-15(3)12-20(22(19)18-9-7-6-8-10-18)23(16(4)26)25-21(28)13-24-17(5)27/h6-12,14,23H,13H2,1-5H3,(H,24,27)(H,25,28)/t23-/m1/s1. The second kappa shape index (κ2) is 9.31. The van der Waals surface area contributed by atoms with Gasteiger partial charge in [-0.05, 0) is 42.0 Å². The summed E-state index contributed by atoms with van der Waals surface area (Å²) in [4.78, 5) is 35.9. The Morgan fingerprint density at radius 1 is 0.964 bits per heavy atom. The highest BCUT2D eigenvalue weighted by Gasteiger charge is 2.25. The number of aryl methyl sites for hydroxylation is 1. The van der Waals surface area contributed by atoms with E-state index in [9.17, 15) is 14.4 Å². The highest BCUT2D eigenvalue weighted by molar-refractivity contribution is 5.92. The number of nitrogens with one attached hydrogen (secondary N) is 2. The summed E-state index contributed by atoms with van der Waals surface area (Å²) in [5, 5.41) is 5.25. The molecule has 0 bridgehead atoms. The van der Waals surface area contributed by atoms with Gasteiger partial charge in [0, 0.05) is 6.92 Å². The number of hydrogen-bond acceptors (Lipinski definition) is 3. The summed E-state index contributed by atoms with van der Waals surface area (Å²) >= 11 is 0. The number of carbonyl (C=O) groups is 3. The Morgan fingerprint density at radius 2 is 1.57 bits per heavy atom. The summed E-state index contributed by atoms with van der Waals surface area (Å²) in [6.45, 7) is 8.86. The van der Waals surface area contributed by atoms with Crippen LogP contribution in [0.2, 0.25) is 0 Å². The number of Topliss-reactive ketones (excluding diaryl/α,β-unsaturated/α-hetero) is 1. The minimum absolute atomic E-state index is 0.159. The number of benzene rings is 2. The van der Waals surface area contributed by atoms with Gasteiger partial charge in [0.15, 0.2) is 5.78 Å².